The summed E-state index contributed by atoms with van der Waals surface area (Å²) in [6, 6.07) is 11.5. The molecule has 0 bridgehead atoms. The van der Waals surface area contributed by atoms with E-state index in [2.05, 4.69) is 35.2 Å². The van der Waals surface area contributed by atoms with Gasteiger partial charge in [0, 0.05) is 22.4 Å². The number of benzene rings is 2. The molecule has 0 spiro atoms. The highest BCUT2D eigenvalue weighted by Crippen LogP contribution is 2.21. The first kappa shape index (κ1) is 27.9. The van der Waals surface area contributed by atoms with Crippen LogP contribution in [0.5, 0.6) is 5.75 Å². The molecular formula is C26H33N3O5S. The summed E-state index contributed by atoms with van der Waals surface area (Å²) >= 11 is 4.43. The van der Waals surface area contributed by atoms with Crippen LogP contribution in [0.15, 0.2) is 61.2 Å². The van der Waals surface area contributed by atoms with Crippen molar-refractivity contribution < 1.29 is 24.6 Å². The van der Waals surface area contributed by atoms with E-state index in [0.29, 0.717) is 5.56 Å². The van der Waals surface area contributed by atoms with Gasteiger partial charge in [0.2, 0.25) is 5.91 Å². The maximum absolute atomic E-state index is 13.1. The quantitative estimate of drug-likeness (QED) is 0.208. The second-order valence-electron chi connectivity index (χ2n) is 8.79. The zero-order valence-electron chi connectivity index (χ0n) is 20.1. The Balaban J connectivity index is 2.29. The minimum absolute atomic E-state index is 0.0417. The minimum Gasteiger partial charge on any atom is -0.508 e. The van der Waals surface area contributed by atoms with Crippen molar-refractivity contribution in [2.75, 3.05) is 6.54 Å². The predicted octanol–water partition coefficient (Wildman–Crippen LogP) is 1.90. The van der Waals surface area contributed by atoms with E-state index in [1.165, 1.54) is 18.2 Å². The van der Waals surface area contributed by atoms with Gasteiger partial charge in [-0.15, -0.1) is 6.58 Å². The second kappa shape index (κ2) is 12.4. The zero-order valence-corrected chi connectivity index (χ0v) is 21.0. The average molecular weight is 500 g/mol. The van der Waals surface area contributed by atoms with Crippen LogP contribution in [0, 0.1) is 6.92 Å². The number of thiol groups is 1. The number of aliphatic hydroxyl groups excluding tert-OH is 1. The van der Waals surface area contributed by atoms with Crippen LogP contribution < -0.4 is 16.0 Å². The van der Waals surface area contributed by atoms with Crippen LogP contribution in [-0.4, -0.2) is 57.4 Å². The number of phenols is 1. The van der Waals surface area contributed by atoms with Gasteiger partial charge in [0.25, 0.3) is 11.8 Å². The molecule has 0 aliphatic heterocycles. The summed E-state index contributed by atoms with van der Waals surface area (Å²) < 4.78 is -0.947. The first-order valence-electron chi connectivity index (χ1n) is 11.2. The summed E-state index contributed by atoms with van der Waals surface area (Å²) in [5.41, 5.74) is 1.37. The first-order chi connectivity index (χ1) is 16.5. The molecule has 8 nitrogen and oxygen atoms in total. The van der Waals surface area contributed by atoms with Crippen molar-refractivity contribution in [3.05, 3.63) is 77.9 Å². The monoisotopic (exact) mass is 499 g/mol. The molecule has 2 aromatic rings. The fourth-order valence-corrected chi connectivity index (χ4v) is 3.66. The maximum atomic E-state index is 13.1. The molecule has 2 rings (SSSR count). The average Bonchev–Trinajstić information content (AvgIpc) is 2.81. The SMILES string of the molecule is C=CCNC(=O)C(NC(=O)C(O)C(Cc1ccccc1)NC(=O)c1cccc(O)c1C)C(C)(C)S. The van der Waals surface area contributed by atoms with Gasteiger partial charge in [-0.2, -0.15) is 12.6 Å². The Morgan fingerprint density at radius 1 is 1.06 bits per heavy atom. The minimum atomic E-state index is -1.68. The highest BCUT2D eigenvalue weighted by atomic mass is 32.1. The Bertz CT molecular complexity index is 1050. The summed E-state index contributed by atoms with van der Waals surface area (Å²) in [5, 5.41) is 28.8. The number of amides is 3. The lowest BCUT2D eigenvalue weighted by Crippen LogP contribution is -2.60. The molecule has 0 saturated carbocycles. The van der Waals surface area contributed by atoms with Crippen LogP contribution in [0.3, 0.4) is 0 Å². The maximum Gasteiger partial charge on any atom is 0.252 e. The highest BCUT2D eigenvalue weighted by Gasteiger charge is 2.37. The van der Waals surface area contributed by atoms with Gasteiger partial charge < -0.3 is 26.2 Å². The van der Waals surface area contributed by atoms with Crippen LogP contribution in [0.4, 0.5) is 0 Å². The first-order valence-corrected chi connectivity index (χ1v) is 11.6. The van der Waals surface area contributed by atoms with Crippen LogP contribution >= 0.6 is 12.6 Å². The molecule has 3 atom stereocenters. The van der Waals surface area contributed by atoms with Gasteiger partial charge in [0.1, 0.15) is 11.8 Å². The Kier molecular flexibility index (Phi) is 9.91. The van der Waals surface area contributed by atoms with Gasteiger partial charge in [0.05, 0.1) is 6.04 Å². The molecule has 188 valence electrons. The standard InChI is InChI=1S/C26H33N3O5S/c1-5-14-27-25(34)22(26(3,4)35)29-24(33)21(31)19(15-17-10-7-6-8-11-17)28-23(32)18-12-9-13-20(30)16(18)2/h5-13,19,21-22,30-31,35H,1,14-15H2,2-4H3,(H,27,34)(H,28,32)(H,29,33). The van der Waals surface area contributed by atoms with Crippen LogP contribution in [0.25, 0.3) is 0 Å². The lowest BCUT2D eigenvalue weighted by Gasteiger charge is -2.31. The smallest absolute Gasteiger partial charge is 0.252 e. The summed E-state index contributed by atoms with van der Waals surface area (Å²) in [6.45, 7) is 8.68. The number of nitrogens with one attached hydrogen (secondary N) is 3. The summed E-state index contributed by atoms with van der Waals surface area (Å²) in [7, 11) is 0. The van der Waals surface area contributed by atoms with Gasteiger partial charge in [-0.05, 0) is 44.9 Å². The molecule has 0 aliphatic rings. The zero-order chi connectivity index (χ0) is 26.2. The van der Waals surface area contributed by atoms with Crippen LogP contribution in [-0.2, 0) is 16.0 Å². The van der Waals surface area contributed by atoms with Crippen molar-refractivity contribution in [1.29, 1.82) is 0 Å². The number of hydrogen-bond acceptors (Lipinski definition) is 6. The van der Waals surface area contributed by atoms with Crippen molar-refractivity contribution >= 4 is 30.4 Å². The third kappa shape index (κ3) is 7.87. The number of rotatable bonds is 11. The number of hydrogen-bond donors (Lipinski definition) is 6. The molecule has 2 aromatic carbocycles. The van der Waals surface area contributed by atoms with Gasteiger partial charge in [0.15, 0.2) is 6.10 Å². The predicted molar refractivity (Wildman–Crippen MR) is 138 cm³/mol. The van der Waals surface area contributed by atoms with Gasteiger partial charge >= 0.3 is 0 Å². The lowest BCUT2D eigenvalue weighted by molar-refractivity contribution is -0.135. The van der Waals surface area contributed by atoms with E-state index >= 15 is 0 Å². The lowest BCUT2D eigenvalue weighted by atomic mass is 9.97. The normalized spacial score (nSPS) is 13.7. The van der Waals surface area contributed by atoms with Crippen molar-refractivity contribution in [1.82, 2.24) is 16.0 Å². The number of aliphatic hydroxyl groups is 1. The van der Waals surface area contributed by atoms with E-state index in [4.69, 9.17) is 0 Å². The van der Waals surface area contributed by atoms with E-state index in [1.54, 1.807) is 26.8 Å². The molecule has 0 fully saturated rings. The molecule has 0 heterocycles. The fourth-order valence-electron chi connectivity index (χ4n) is 3.47. The van der Waals surface area contributed by atoms with Gasteiger partial charge in [-0.3, -0.25) is 14.4 Å². The Morgan fingerprint density at radius 2 is 1.71 bits per heavy atom. The molecular weight excluding hydrogens is 466 g/mol. The van der Waals surface area contributed by atoms with E-state index in [0.717, 1.165) is 5.56 Å². The van der Waals surface area contributed by atoms with E-state index in [-0.39, 0.29) is 24.3 Å². The van der Waals surface area contributed by atoms with Crippen molar-refractivity contribution in [2.45, 2.75) is 50.1 Å². The molecule has 0 aromatic heterocycles. The van der Waals surface area contributed by atoms with Crippen molar-refractivity contribution in [2.24, 2.45) is 0 Å². The molecule has 0 saturated heterocycles. The molecule has 35 heavy (non-hydrogen) atoms. The number of phenolic OH excluding ortho intramolecular Hbond substituents is 1. The van der Waals surface area contributed by atoms with Gasteiger partial charge in [-0.1, -0.05) is 42.5 Å². The van der Waals surface area contributed by atoms with Crippen LogP contribution in [0.2, 0.25) is 0 Å². The summed E-state index contributed by atoms with van der Waals surface area (Å²) in [6.07, 6.45) is -0.0232. The molecule has 9 heteroatoms. The number of carbonyl (C=O) groups is 3. The number of aromatic hydroxyl groups is 1. The molecule has 3 unspecified atom stereocenters. The van der Waals surface area contributed by atoms with Crippen molar-refractivity contribution in [3.8, 4) is 5.75 Å². The summed E-state index contributed by atoms with van der Waals surface area (Å²) in [4.78, 5) is 38.7. The van der Waals surface area contributed by atoms with E-state index in [1.807, 2.05) is 30.3 Å². The van der Waals surface area contributed by atoms with Crippen molar-refractivity contribution in [3.63, 3.8) is 0 Å². The van der Waals surface area contributed by atoms with E-state index < -0.39 is 40.7 Å². The van der Waals surface area contributed by atoms with Crippen LogP contribution in [0.1, 0.15) is 35.3 Å². The fraction of sp³-hybridized carbons (Fsp3) is 0.346. The largest absolute Gasteiger partial charge is 0.508 e. The summed E-state index contributed by atoms with van der Waals surface area (Å²) in [5.74, 6) is -1.91. The number of carbonyl (C=O) groups excluding carboxylic acids is 3. The molecule has 3 amide bonds. The third-order valence-corrected chi connectivity index (χ3v) is 5.75. The topological polar surface area (TPSA) is 128 Å². The molecule has 5 N–H and O–H groups in total. The molecule has 0 radical (unpaired) electrons. The highest BCUT2D eigenvalue weighted by molar-refractivity contribution is 7.81. The molecule has 0 aliphatic carbocycles. The Morgan fingerprint density at radius 3 is 2.31 bits per heavy atom. The third-order valence-electron chi connectivity index (χ3n) is 5.49. The Labute approximate surface area is 211 Å². The van der Waals surface area contributed by atoms with E-state index in [9.17, 15) is 24.6 Å². The second-order valence-corrected chi connectivity index (χ2v) is 9.95. The van der Waals surface area contributed by atoms with Gasteiger partial charge in [-0.25, -0.2) is 0 Å². The Hall–Kier alpha value is -3.30.